The van der Waals surface area contributed by atoms with Crippen LogP contribution in [0.5, 0.6) is 0 Å². The van der Waals surface area contributed by atoms with Gasteiger partial charge in [0, 0.05) is 17.9 Å². The first-order valence-electron chi connectivity index (χ1n) is 10.7. The molecule has 0 aliphatic rings. The van der Waals surface area contributed by atoms with Crippen molar-refractivity contribution in [3.63, 3.8) is 0 Å². The molecule has 0 bridgehead atoms. The van der Waals surface area contributed by atoms with Crippen molar-refractivity contribution in [2.45, 2.75) is 57.5 Å². The average molecular weight is 468 g/mol. The maximum atomic E-state index is 13.2. The van der Waals surface area contributed by atoms with Crippen LogP contribution in [-0.4, -0.2) is 64.1 Å². The van der Waals surface area contributed by atoms with E-state index in [4.69, 9.17) is 10.8 Å². The number of rotatable bonds is 16. The van der Waals surface area contributed by atoms with Crippen LogP contribution in [0.15, 0.2) is 30.3 Å². The van der Waals surface area contributed by atoms with Gasteiger partial charge in [-0.2, -0.15) is 11.8 Å². The third kappa shape index (κ3) is 10.6. The Hall–Kier alpha value is -2.59. The second kappa shape index (κ2) is 15.3. The average Bonchev–Trinajstić information content (AvgIpc) is 2.77. The summed E-state index contributed by atoms with van der Waals surface area (Å²) in [4.78, 5) is 49.0. The number of carboxylic acid groups (broad SMARTS) is 2. The molecule has 5 N–H and O–H groups in total. The van der Waals surface area contributed by atoms with Crippen LogP contribution in [0.3, 0.4) is 0 Å². The van der Waals surface area contributed by atoms with E-state index < -0.39 is 42.4 Å². The molecule has 10 heteroatoms. The van der Waals surface area contributed by atoms with Crippen LogP contribution in [0.1, 0.15) is 45.4 Å². The van der Waals surface area contributed by atoms with Crippen molar-refractivity contribution in [1.29, 1.82) is 0 Å². The van der Waals surface area contributed by atoms with Crippen LogP contribution in [0.4, 0.5) is 5.69 Å². The van der Waals surface area contributed by atoms with Gasteiger partial charge in [-0.3, -0.25) is 24.1 Å². The molecular weight excluding hydrogens is 434 g/mol. The molecule has 0 fully saturated rings. The molecule has 0 saturated heterocycles. The molecule has 1 rings (SSSR count). The number of benzene rings is 1. The van der Waals surface area contributed by atoms with Crippen LogP contribution in [0.2, 0.25) is 0 Å². The van der Waals surface area contributed by atoms with E-state index >= 15 is 0 Å². The van der Waals surface area contributed by atoms with E-state index in [2.05, 4.69) is 12.2 Å². The zero-order valence-corrected chi connectivity index (χ0v) is 19.2. The summed E-state index contributed by atoms with van der Waals surface area (Å²) < 4.78 is 0. The molecule has 0 aliphatic carbocycles. The number of thioether (sulfide) groups is 1. The number of nitrogens with two attached hydrogens (primary N) is 1. The Morgan fingerprint density at radius 1 is 1.09 bits per heavy atom. The molecule has 9 nitrogen and oxygen atoms in total. The van der Waals surface area contributed by atoms with E-state index in [1.54, 1.807) is 30.3 Å². The number of anilines is 1. The number of carbonyl (C=O) groups excluding carboxylic acids is 2. The monoisotopic (exact) mass is 467 g/mol. The number of hydrogen-bond acceptors (Lipinski definition) is 6. The lowest BCUT2D eigenvalue weighted by atomic mass is 10.1. The zero-order chi connectivity index (χ0) is 23.9. The molecule has 0 radical (unpaired) electrons. The number of aliphatic carboxylic acids is 2. The highest BCUT2D eigenvalue weighted by atomic mass is 32.2. The fourth-order valence-electron chi connectivity index (χ4n) is 2.91. The van der Waals surface area contributed by atoms with Crippen LogP contribution < -0.4 is 16.0 Å². The van der Waals surface area contributed by atoms with E-state index in [0.717, 1.165) is 36.3 Å². The fourth-order valence-corrected chi connectivity index (χ4v) is 3.95. The topological polar surface area (TPSA) is 150 Å². The predicted octanol–water partition coefficient (Wildman–Crippen LogP) is 2.09. The molecule has 0 aromatic heterocycles. The molecule has 1 aromatic rings. The summed E-state index contributed by atoms with van der Waals surface area (Å²) in [7, 11) is 0. The molecule has 2 amide bonds. The second-order valence-electron chi connectivity index (χ2n) is 7.39. The predicted molar refractivity (Wildman–Crippen MR) is 125 cm³/mol. The second-order valence-corrected chi connectivity index (χ2v) is 8.54. The largest absolute Gasteiger partial charge is 0.480 e. The molecule has 1 aromatic carbocycles. The van der Waals surface area contributed by atoms with Gasteiger partial charge in [0.2, 0.25) is 5.91 Å². The van der Waals surface area contributed by atoms with Gasteiger partial charge in [0.05, 0.1) is 0 Å². The Bertz CT molecular complexity index is 746. The Labute approximate surface area is 192 Å². The number of carboxylic acids is 2. The number of nitrogens with one attached hydrogen (secondary N) is 1. The standard InChI is InChI=1S/C22H33N3O6S/c1-2-3-4-8-13-32-15-18(24-19(26)12-11-17(23)22(30)31)21(29)25(14-20(27)28)16-9-6-5-7-10-16/h5-7,9-10,17-18H,2-4,8,11-15,23H2,1H3,(H,24,26)(H,27,28)(H,30,31)/t17?,18-/m0/s1. The van der Waals surface area contributed by atoms with Crippen molar-refractivity contribution in [2.24, 2.45) is 5.73 Å². The van der Waals surface area contributed by atoms with Gasteiger partial charge in [0.1, 0.15) is 18.6 Å². The van der Waals surface area contributed by atoms with Crippen LogP contribution >= 0.6 is 11.8 Å². The lowest BCUT2D eigenvalue weighted by molar-refractivity contribution is -0.139. The first-order chi connectivity index (χ1) is 15.3. The van der Waals surface area contributed by atoms with Crippen molar-refractivity contribution in [3.05, 3.63) is 30.3 Å². The first kappa shape index (κ1) is 27.4. The minimum atomic E-state index is -1.20. The number of amides is 2. The molecule has 2 atom stereocenters. The number of hydrogen-bond donors (Lipinski definition) is 4. The zero-order valence-electron chi connectivity index (χ0n) is 18.4. The van der Waals surface area contributed by atoms with E-state index in [-0.39, 0.29) is 18.6 Å². The summed E-state index contributed by atoms with van der Waals surface area (Å²) in [5.41, 5.74) is 5.87. The van der Waals surface area contributed by atoms with Crippen LogP contribution in [0, 0.1) is 0 Å². The molecule has 0 saturated carbocycles. The van der Waals surface area contributed by atoms with Gasteiger partial charge in [0.25, 0.3) is 5.91 Å². The van der Waals surface area contributed by atoms with E-state index in [9.17, 15) is 24.3 Å². The van der Waals surface area contributed by atoms with E-state index in [1.807, 2.05) is 0 Å². The highest BCUT2D eigenvalue weighted by Crippen LogP contribution is 2.17. The minimum Gasteiger partial charge on any atom is -0.480 e. The Balaban J connectivity index is 2.89. The lowest BCUT2D eigenvalue weighted by Crippen LogP contribution is -2.51. The maximum Gasteiger partial charge on any atom is 0.323 e. The molecule has 1 unspecified atom stereocenters. The summed E-state index contributed by atoms with van der Waals surface area (Å²) in [5.74, 6) is -2.32. The summed E-state index contributed by atoms with van der Waals surface area (Å²) in [6.07, 6.45) is 4.09. The smallest absolute Gasteiger partial charge is 0.323 e. The Morgan fingerprint density at radius 3 is 2.38 bits per heavy atom. The third-order valence-electron chi connectivity index (χ3n) is 4.69. The van der Waals surface area contributed by atoms with Gasteiger partial charge in [-0.25, -0.2) is 0 Å². The summed E-state index contributed by atoms with van der Waals surface area (Å²) in [5, 5.41) is 20.8. The molecule has 0 heterocycles. The van der Waals surface area contributed by atoms with Crippen LogP contribution in [-0.2, 0) is 19.2 Å². The summed E-state index contributed by atoms with van der Waals surface area (Å²) in [6, 6.07) is 6.29. The number of nitrogens with zero attached hydrogens (tertiary/aromatic N) is 1. The van der Waals surface area contributed by atoms with Crippen molar-refractivity contribution in [2.75, 3.05) is 23.0 Å². The van der Waals surface area contributed by atoms with Crippen LogP contribution in [0.25, 0.3) is 0 Å². The van der Waals surface area contributed by atoms with Crippen molar-refractivity contribution < 1.29 is 29.4 Å². The van der Waals surface area contributed by atoms with E-state index in [0.29, 0.717) is 5.69 Å². The fraction of sp³-hybridized carbons (Fsp3) is 0.545. The Kier molecular flexibility index (Phi) is 13.1. The molecular formula is C22H33N3O6S. The number of unbranched alkanes of at least 4 members (excludes halogenated alkanes) is 3. The Morgan fingerprint density at radius 2 is 1.78 bits per heavy atom. The van der Waals surface area contributed by atoms with Gasteiger partial charge in [-0.05, 0) is 30.7 Å². The number of para-hydroxylation sites is 1. The molecule has 178 valence electrons. The quantitative estimate of drug-likeness (QED) is 0.270. The van der Waals surface area contributed by atoms with Crippen molar-refractivity contribution >= 4 is 41.2 Å². The molecule has 32 heavy (non-hydrogen) atoms. The highest BCUT2D eigenvalue weighted by Gasteiger charge is 2.28. The van der Waals surface area contributed by atoms with Gasteiger partial charge in [-0.15, -0.1) is 0 Å². The summed E-state index contributed by atoms with van der Waals surface area (Å²) in [6.45, 7) is 1.58. The van der Waals surface area contributed by atoms with Gasteiger partial charge in [-0.1, -0.05) is 44.4 Å². The van der Waals surface area contributed by atoms with Gasteiger partial charge < -0.3 is 21.3 Å². The molecule has 0 spiro atoms. The SMILES string of the molecule is CCCCCCSC[C@H](NC(=O)CCC(N)C(=O)O)C(=O)N(CC(=O)O)c1ccccc1. The third-order valence-corrected chi connectivity index (χ3v) is 5.83. The normalized spacial score (nSPS) is 12.6. The highest BCUT2D eigenvalue weighted by molar-refractivity contribution is 7.99. The van der Waals surface area contributed by atoms with E-state index in [1.165, 1.54) is 11.8 Å². The minimum absolute atomic E-state index is 0.0657. The van der Waals surface area contributed by atoms with Gasteiger partial charge >= 0.3 is 11.9 Å². The maximum absolute atomic E-state index is 13.2. The summed E-state index contributed by atoms with van der Waals surface area (Å²) >= 11 is 1.51. The lowest BCUT2D eigenvalue weighted by Gasteiger charge is -2.27. The van der Waals surface area contributed by atoms with Crippen molar-refractivity contribution in [3.8, 4) is 0 Å². The van der Waals surface area contributed by atoms with Crippen molar-refractivity contribution in [1.82, 2.24) is 5.32 Å². The first-order valence-corrected chi connectivity index (χ1v) is 11.8. The number of carbonyl (C=O) groups is 4. The van der Waals surface area contributed by atoms with Gasteiger partial charge in [0.15, 0.2) is 0 Å². The molecule has 0 aliphatic heterocycles.